The Morgan fingerprint density at radius 3 is 1.75 bits per heavy atom. The zero-order valence-corrected chi connectivity index (χ0v) is 5.19. The summed E-state index contributed by atoms with van der Waals surface area (Å²) in [6.07, 6.45) is 4.01. The summed E-state index contributed by atoms with van der Waals surface area (Å²) in [4.78, 5) is 0. The molecule has 2 heteroatoms. The number of halogens is 1. The van der Waals surface area contributed by atoms with E-state index in [1.54, 1.807) is 0 Å². The minimum Gasteiger partial charge on any atom is -0.852 e. The third-order valence-electron chi connectivity index (χ3n) is 1.30. The van der Waals surface area contributed by atoms with E-state index in [9.17, 15) is 9.50 Å². The molecule has 0 bridgehead atoms. The van der Waals surface area contributed by atoms with E-state index in [1.807, 2.05) is 0 Å². The summed E-state index contributed by atoms with van der Waals surface area (Å²) >= 11 is 0. The van der Waals surface area contributed by atoms with Gasteiger partial charge >= 0.3 is 0 Å². The Hall–Kier alpha value is -0.110. The summed E-state index contributed by atoms with van der Waals surface area (Å²) in [7, 11) is 0.500. The highest BCUT2D eigenvalue weighted by Gasteiger charge is 2.01. The number of rotatable bonds is 0. The molecule has 1 fully saturated rings. The summed E-state index contributed by atoms with van der Waals surface area (Å²) in [5, 5.41) is 10.3. The van der Waals surface area contributed by atoms with Gasteiger partial charge in [0.15, 0.2) is 0 Å². The number of hydrogen-bond acceptors (Lipinski definition) is 1. The quantitative estimate of drug-likeness (QED) is 0.464. The molecule has 1 nitrogen and oxygen atoms in total. The summed E-state index contributed by atoms with van der Waals surface area (Å²) < 4.78 is 9.50. The lowest BCUT2D eigenvalue weighted by atomic mass is 10.3. The molecule has 50 valence electrons. The lowest BCUT2D eigenvalue weighted by molar-refractivity contribution is -0.417. The van der Waals surface area contributed by atoms with Crippen molar-refractivity contribution in [3.8, 4) is 0 Å². The number of hydrogen-bond donors (Lipinski definition) is 0. The third-order valence-corrected chi connectivity index (χ3v) is 1.30. The van der Waals surface area contributed by atoms with Crippen molar-refractivity contribution in [1.82, 2.24) is 0 Å². The second-order valence-corrected chi connectivity index (χ2v) is 1.91. The zero-order chi connectivity index (χ0) is 6.41. The van der Waals surface area contributed by atoms with E-state index in [-0.39, 0.29) is 6.10 Å². The Morgan fingerprint density at radius 1 is 1.25 bits per heavy atom. The summed E-state index contributed by atoms with van der Waals surface area (Å²) in [6.45, 7) is 0. The van der Waals surface area contributed by atoms with Crippen LogP contribution in [0, 0.1) is 0 Å². The van der Waals surface area contributed by atoms with Crippen LogP contribution in [0.15, 0.2) is 0 Å². The minimum atomic E-state index is -0.204. The highest BCUT2D eigenvalue weighted by Crippen LogP contribution is 2.14. The van der Waals surface area contributed by atoms with Crippen molar-refractivity contribution in [3.63, 3.8) is 0 Å². The molecule has 0 spiro atoms. The Bertz CT molecular complexity index is 41.8. The first kappa shape index (κ1) is 7.89. The van der Waals surface area contributed by atoms with Crippen LogP contribution in [0.1, 0.15) is 25.7 Å². The molecular weight excluding hydrogens is 107 g/mol. The maximum absolute atomic E-state index is 10.3. The number of alkyl halides is 1. The molecule has 0 aliphatic heterocycles. The van der Waals surface area contributed by atoms with Crippen molar-refractivity contribution in [2.45, 2.75) is 31.8 Å². The molecule has 1 aliphatic rings. The van der Waals surface area contributed by atoms with Crippen LogP contribution in [0.3, 0.4) is 0 Å². The minimum absolute atomic E-state index is 0.204. The molecule has 0 heterocycles. The Balaban J connectivity index is 0.000000222. The van der Waals surface area contributed by atoms with Crippen LogP contribution in [-0.2, 0) is 0 Å². The van der Waals surface area contributed by atoms with Crippen molar-refractivity contribution in [3.05, 3.63) is 0 Å². The van der Waals surface area contributed by atoms with E-state index in [2.05, 4.69) is 0 Å². The van der Waals surface area contributed by atoms with Gasteiger partial charge in [-0.05, 0) is 0 Å². The Labute approximate surface area is 49.5 Å². The standard InChI is InChI=1S/C5H9O.CH3F/c6-5-3-1-2-4-5;1-2/h5H,1-4H2;1H3/q-1;. The van der Waals surface area contributed by atoms with E-state index in [4.69, 9.17) is 0 Å². The van der Waals surface area contributed by atoms with Gasteiger partial charge in [-0.3, -0.25) is 4.39 Å². The molecule has 0 unspecified atom stereocenters. The van der Waals surface area contributed by atoms with Crippen molar-refractivity contribution < 1.29 is 9.50 Å². The largest absolute Gasteiger partial charge is 0.852 e. The molecule has 1 rings (SSSR count). The predicted molar refractivity (Wildman–Crippen MR) is 29.3 cm³/mol. The molecule has 0 radical (unpaired) electrons. The Kier molecular flexibility index (Phi) is 4.97. The van der Waals surface area contributed by atoms with E-state index < -0.39 is 0 Å². The van der Waals surface area contributed by atoms with Gasteiger partial charge in [-0.2, -0.15) is 0 Å². The fourth-order valence-corrected chi connectivity index (χ4v) is 0.888. The van der Waals surface area contributed by atoms with E-state index >= 15 is 0 Å². The topological polar surface area (TPSA) is 23.1 Å². The van der Waals surface area contributed by atoms with Crippen LogP contribution in [-0.4, -0.2) is 13.3 Å². The van der Waals surface area contributed by atoms with Gasteiger partial charge in [0, 0.05) is 0 Å². The van der Waals surface area contributed by atoms with Crippen LogP contribution in [0.5, 0.6) is 0 Å². The molecule has 0 aromatic rings. The summed E-state index contributed by atoms with van der Waals surface area (Å²) in [6, 6.07) is 0. The van der Waals surface area contributed by atoms with Crippen LogP contribution in [0.2, 0.25) is 0 Å². The van der Waals surface area contributed by atoms with Gasteiger partial charge < -0.3 is 5.11 Å². The van der Waals surface area contributed by atoms with E-state index in [0.29, 0.717) is 7.18 Å². The lowest BCUT2D eigenvalue weighted by Crippen LogP contribution is -2.19. The first-order chi connectivity index (χ1) is 3.89. The lowest BCUT2D eigenvalue weighted by Gasteiger charge is -2.10. The summed E-state index contributed by atoms with van der Waals surface area (Å²) in [5.74, 6) is 0. The first-order valence-electron chi connectivity index (χ1n) is 2.93. The van der Waals surface area contributed by atoms with Crippen LogP contribution < -0.4 is 5.11 Å². The molecule has 0 aromatic carbocycles. The van der Waals surface area contributed by atoms with Gasteiger partial charge in [0.1, 0.15) is 0 Å². The summed E-state index contributed by atoms with van der Waals surface area (Å²) in [5.41, 5.74) is 0. The fourth-order valence-electron chi connectivity index (χ4n) is 0.888. The van der Waals surface area contributed by atoms with Crippen molar-refractivity contribution >= 4 is 0 Å². The first-order valence-corrected chi connectivity index (χ1v) is 2.93. The average molecular weight is 119 g/mol. The maximum Gasteiger partial charge on any atom is 0.0785 e. The molecule has 8 heavy (non-hydrogen) atoms. The third kappa shape index (κ3) is 2.97. The predicted octanol–water partition coefficient (Wildman–Crippen LogP) is 0.875. The normalized spacial score (nSPS) is 19.9. The molecule has 1 aliphatic carbocycles. The van der Waals surface area contributed by atoms with Gasteiger partial charge in [0.2, 0.25) is 0 Å². The SMILES string of the molecule is CF.[O-]C1CCCC1. The Morgan fingerprint density at radius 2 is 1.62 bits per heavy atom. The molecule has 0 N–H and O–H groups in total. The molecule has 0 atom stereocenters. The monoisotopic (exact) mass is 119 g/mol. The molecule has 0 amide bonds. The van der Waals surface area contributed by atoms with Crippen molar-refractivity contribution in [2.75, 3.05) is 7.18 Å². The molecule has 0 aromatic heterocycles. The van der Waals surface area contributed by atoms with Crippen LogP contribution >= 0.6 is 0 Å². The van der Waals surface area contributed by atoms with Crippen LogP contribution in [0.4, 0.5) is 4.39 Å². The maximum atomic E-state index is 10.3. The molecular formula is C6H12FO-. The van der Waals surface area contributed by atoms with Gasteiger partial charge in [-0.25, -0.2) is 0 Å². The van der Waals surface area contributed by atoms with Gasteiger partial charge in [-0.15, -0.1) is 6.10 Å². The second-order valence-electron chi connectivity index (χ2n) is 1.91. The smallest absolute Gasteiger partial charge is 0.0785 e. The second kappa shape index (κ2) is 5.04. The van der Waals surface area contributed by atoms with Gasteiger partial charge in [0.05, 0.1) is 7.18 Å². The van der Waals surface area contributed by atoms with E-state index in [1.165, 1.54) is 12.8 Å². The van der Waals surface area contributed by atoms with Crippen molar-refractivity contribution in [1.29, 1.82) is 0 Å². The molecule has 0 saturated heterocycles. The highest BCUT2D eigenvalue weighted by molar-refractivity contribution is 4.61. The van der Waals surface area contributed by atoms with Crippen molar-refractivity contribution in [2.24, 2.45) is 0 Å². The van der Waals surface area contributed by atoms with E-state index in [0.717, 1.165) is 12.8 Å². The fraction of sp³-hybridized carbons (Fsp3) is 1.00. The highest BCUT2D eigenvalue weighted by atomic mass is 19.1. The molecule has 1 saturated carbocycles. The zero-order valence-electron chi connectivity index (χ0n) is 5.19. The average Bonchev–Trinajstić information content (AvgIpc) is 2.24. The van der Waals surface area contributed by atoms with Gasteiger partial charge in [0.25, 0.3) is 0 Å². The van der Waals surface area contributed by atoms with Gasteiger partial charge in [-0.1, -0.05) is 25.7 Å². The van der Waals surface area contributed by atoms with Crippen LogP contribution in [0.25, 0.3) is 0 Å².